The standard InChI is InChI=1S/C17H30N4O/c1-13(2)22-15-9-7-14(8-10-15)20-16(18)19-11-17(3,4)12-21(5)6/h7-10,13H,11-12H2,1-6H3,(H3,18,19,20). The van der Waals surface area contributed by atoms with Gasteiger partial charge < -0.3 is 20.7 Å². The van der Waals surface area contributed by atoms with Crippen LogP contribution in [0.25, 0.3) is 0 Å². The monoisotopic (exact) mass is 306 g/mol. The average molecular weight is 306 g/mol. The normalized spacial score (nSPS) is 12.8. The van der Waals surface area contributed by atoms with Gasteiger partial charge in [-0.2, -0.15) is 0 Å². The fourth-order valence-electron chi connectivity index (χ4n) is 2.28. The second kappa shape index (κ2) is 8.03. The highest BCUT2D eigenvalue weighted by Crippen LogP contribution is 2.18. The van der Waals surface area contributed by atoms with Gasteiger partial charge in [0.15, 0.2) is 5.96 Å². The summed E-state index contributed by atoms with van der Waals surface area (Å²) in [5.74, 6) is 1.28. The Morgan fingerprint density at radius 1 is 1.27 bits per heavy atom. The molecule has 1 aromatic carbocycles. The van der Waals surface area contributed by atoms with E-state index in [0.717, 1.165) is 18.0 Å². The molecule has 0 fully saturated rings. The molecule has 124 valence electrons. The summed E-state index contributed by atoms with van der Waals surface area (Å²) >= 11 is 0. The van der Waals surface area contributed by atoms with Crippen LogP contribution in [0.1, 0.15) is 27.7 Å². The van der Waals surface area contributed by atoms with Gasteiger partial charge in [0, 0.05) is 18.8 Å². The van der Waals surface area contributed by atoms with Crippen molar-refractivity contribution in [3.05, 3.63) is 24.3 Å². The van der Waals surface area contributed by atoms with Crippen LogP contribution in [-0.2, 0) is 0 Å². The Hall–Kier alpha value is -1.75. The Bertz CT molecular complexity index is 478. The van der Waals surface area contributed by atoms with E-state index >= 15 is 0 Å². The molecule has 0 saturated heterocycles. The minimum Gasteiger partial charge on any atom is -0.491 e. The molecule has 0 aliphatic heterocycles. The first-order chi connectivity index (χ1) is 10.2. The molecule has 1 rings (SSSR count). The molecule has 3 N–H and O–H groups in total. The van der Waals surface area contributed by atoms with Gasteiger partial charge in [0.2, 0.25) is 0 Å². The number of hydrogen-bond donors (Lipinski definition) is 2. The van der Waals surface area contributed by atoms with Gasteiger partial charge in [-0.1, -0.05) is 13.8 Å². The van der Waals surface area contributed by atoms with Crippen molar-refractivity contribution in [1.29, 1.82) is 0 Å². The van der Waals surface area contributed by atoms with Crippen molar-refractivity contribution in [3.8, 4) is 5.75 Å². The lowest BCUT2D eigenvalue weighted by molar-refractivity contribution is 0.242. The van der Waals surface area contributed by atoms with Crippen molar-refractivity contribution in [2.75, 3.05) is 32.5 Å². The Labute approximate surface area is 134 Å². The van der Waals surface area contributed by atoms with Crippen molar-refractivity contribution in [2.45, 2.75) is 33.8 Å². The van der Waals surface area contributed by atoms with Crippen LogP contribution in [0.3, 0.4) is 0 Å². The number of guanidine groups is 1. The zero-order valence-corrected chi connectivity index (χ0v) is 14.7. The zero-order chi connectivity index (χ0) is 16.8. The number of ether oxygens (including phenoxy) is 1. The highest BCUT2D eigenvalue weighted by molar-refractivity contribution is 5.92. The Morgan fingerprint density at radius 2 is 1.86 bits per heavy atom. The number of benzene rings is 1. The van der Waals surface area contributed by atoms with Crippen LogP contribution in [0, 0.1) is 5.41 Å². The van der Waals surface area contributed by atoms with Gasteiger partial charge in [0.05, 0.1) is 6.10 Å². The van der Waals surface area contributed by atoms with Crippen LogP contribution >= 0.6 is 0 Å². The summed E-state index contributed by atoms with van der Waals surface area (Å²) in [5, 5.41) is 3.11. The fraction of sp³-hybridized carbons (Fsp3) is 0.588. The van der Waals surface area contributed by atoms with Crippen molar-refractivity contribution < 1.29 is 4.74 Å². The van der Waals surface area contributed by atoms with Gasteiger partial charge in [0.1, 0.15) is 5.75 Å². The molecular weight excluding hydrogens is 276 g/mol. The van der Waals surface area contributed by atoms with Crippen LogP contribution in [0.2, 0.25) is 0 Å². The lowest BCUT2D eigenvalue weighted by Crippen LogP contribution is -2.32. The van der Waals surface area contributed by atoms with Crippen molar-refractivity contribution >= 4 is 11.6 Å². The Morgan fingerprint density at radius 3 is 2.36 bits per heavy atom. The van der Waals surface area contributed by atoms with E-state index in [1.807, 2.05) is 38.1 Å². The van der Waals surface area contributed by atoms with Crippen LogP contribution in [0.5, 0.6) is 5.75 Å². The molecule has 0 heterocycles. The molecule has 0 spiro atoms. The zero-order valence-electron chi connectivity index (χ0n) is 14.7. The predicted molar refractivity (Wildman–Crippen MR) is 94.7 cm³/mol. The largest absolute Gasteiger partial charge is 0.491 e. The number of nitrogens with one attached hydrogen (secondary N) is 1. The maximum Gasteiger partial charge on any atom is 0.193 e. The third-order valence-corrected chi connectivity index (χ3v) is 2.92. The van der Waals surface area contributed by atoms with Gasteiger partial charge in [0.25, 0.3) is 0 Å². The number of anilines is 1. The van der Waals surface area contributed by atoms with Gasteiger partial charge in [-0.15, -0.1) is 0 Å². The maximum atomic E-state index is 5.96. The van der Waals surface area contributed by atoms with Crippen molar-refractivity contribution in [2.24, 2.45) is 16.1 Å². The summed E-state index contributed by atoms with van der Waals surface area (Å²) < 4.78 is 5.61. The maximum absolute atomic E-state index is 5.96. The topological polar surface area (TPSA) is 62.9 Å². The molecule has 22 heavy (non-hydrogen) atoms. The molecule has 0 radical (unpaired) electrons. The first-order valence-corrected chi connectivity index (χ1v) is 7.66. The lowest BCUT2D eigenvalue weighted by Gasteiger charge is -2.26. The summed E-state index contributed by atoms with van der Waals surface area (Å²) in [4.78, 5) is 6.60. The number of rotatable bonds is 7. The Balaban J connectivity index is 2.56. The number of aliphatic imine (C=N–C) groups is 1. The molecule has 1 aromatic rings. The minimum atomic E-state index is 0.0881. The third kappa shape index (κ3) is 7.31. The summed E-state index contributed by atoms with van der Waals surface area (Å²) in [7, 11) is 4.13. The third-order valence-electron chi connectivity index (χ3n) is 2.92. The van der Waals surface area contributed by atoms with Crippen molar-refractivity contribution in [3.63, 3.8) is 0 Å². The lowest BCUT2D eigenvalue weighted by atomic mass is 9.93. The van der Waals surface area contributed by atoms with Crippen LogP contribution in [-0.4, -0.2) is 44.1 Å². The highest BCUT2D eigenvalue weighted by atomic mass is 16.5. The Kier molecular flexibility index (Phi) is 6.68. The molecule has 0 aliphatic carbocycles. The number of nitrogens with two attached hydrogens (primary N) is 1. The van der Waals surface area contributed by atoms with Gasteiger partial charge in [-0.05, 0) is 57.6 Å². The van der Waals surface area contributed by atoms with E-state index < -0.39 is 0 Å². The summed E-state index contributed by atoms with van der Waals surface area (Å²) in [6.45, 7) is 10.0. The number of nitrogens with zero attached hydrogens (tertiary/aromatic N) is 2. The molecule has 0 amide bonds. The second-order valence-corrected chi connectivity index (χ2v) is 6.92. The summed E-state index contributed by atoms with van der Waals surface area (Å²) in [6.07, 6.45) is 0.171. The molecule has 5 heteroatoms. The van der Waals surface area contributed by atoms with Crippen LogP contribution < -0.4 is 15.8 Å². The van der Waals surface area contributed by atoms with E-state index in [4.69, 9.17) is 10.5 Å². The molecule has 0 aromatic heterocycles. The molecule has 0 saturated carbocycles. The van der Waals surface area contributed by atoms with E-state index in [1.54, 1.807) is 0 Å². The average Bonchev–Trinajstić information content (AvgIpc) is 2.37. The second-order valence-electron chi connectivity index (χ2n) is 6.92. The van der Waals surface area contributed by atoms with Gasteiger partial charge in [-0.3, -0.25) is 4.99 Å². The van der Waals surface area contributed by atoms with Crippen LogP contribution in [0.4, 0.5) is 5.69 Å². The van der Waals surface area contributed by atoms with Gasteiger partial charge in [-0.25, -0.2) is 0 Å². The first-order valence-electron chi connectivity index (χ1n) is 7.66. The molecule has 0 atom stereocenters. The smallest absolute Gasteiger partial charge is 0.193 e. The predicted octanol–water partition coefficient (Wildman–Crippen LogP) is 2.79. The SMILES string of the molecule is CC(C)Oc1ccc(NC(N)=NCC(C)(C)CN(C)C)cc1. The fourth-order valence-corrected chi connectivity index (χ4v) is 2.28. The van der Waals surface area contributed by atoms with Crippen molar-refractivity contribution in [1.82, 2.24) is 4.90 Å². The summed E-state index contributed by atoms with van der Waals surface area (Å²) in [5.41, 5.74) is 6.95. The molecular formula is C17H30N4O. The van der Waals surface area contributed by atoms with Crippen LogP contribution in [0.15, 0.2) is 29.3 Å². The minimum absolute atomic E-state index is 0.0881. The first kappa shape index (κ1) is 18.3. The summed E-state index contributed by atoms with van der Waals surface area (Å²) in [6, 6.07) is 7.72. The number of hydrogen-bond acceptors (Lipinski definition) is 3. The van der Waals surface area contributed by atoms with E-state index in [-0.39, 0.29) is 11.5 Å². The van der Waals surface area contributed by atoms with E-state index in [0.29, 0.717) is 12.5 Å². The molecule has 0 unspecified atom stereocenters. The van der Waals surface area contributed by atoms with E-state index in [1.165, 1.54) is 0 Å². The van der Waals surface area contributed by atoms with E-state index in [9.17, 15) is 0 Å². The van der Waals surface area contributed by atoms with E-state index in [2.05, 4.69) is 43.2 Å². The molecule has 5 nitrogen and oxygen atoms in total. The molecule has 0 aliphatic rings. The molecule has 0 bridgehead atoms. The quantitative estimate of drug-likeness (QED) is 0.600. The van der Waals surface area contributed by atoms with Gasteiger partial charge >= 0.3 is 0 Å². The highest BCUT2D eigenvalue weighted by Gasteiger charge is 2.18.